The standard InChI is InChI=1S/C29H35ClN4O3/c1-19(2)16-33-26(35)29(27(36)34(28(33)37)17-20(3)4)15-22-23(30)11-8-12-24(22)32-14-13-31(18-25(29)32)21-9-6-5-7-10-21/h5-12,19-20,25H,13-18H2,1-4H3/t25-/m1/s1. The number of rotatable bonds is 5. The van der Waals surface area contributed by atoms with E-state index in [-0.39, 0.29) is 31.3 Å². The predicted octanol–water partition coefficient (Wildman–Crippen LogP) is 4.68. The van der Waals surface area contributed by atoms with Crippen LogP contribution in [0.2, 0.25) is 5.02 Å². The highest BCUT2D eigenvalue weighted by atomic mass is 35.5. The summed E-state index contributed by atoms with van der Waals surface area (Å²) in [6.07, 6.45) is 0.180. The van der Waals surface area contributed by atoms with E-state index < -0.39 is 29.3 Å². The molecule has 1 atom stereocenters. The van der Waals surface area contributed by atoms with Crippen LogP contribution in [0.1, 0.15) is 33.3 Å². The maximum Gasteiger partial charge on any atom is 0.333 e. The molecular formula is C29H35ClN4O3. The summed E-state index contributed by atoms with van der Waals surface area (Å²) in [6.45, 7) is 10.3. The summed E-state index contributed by atoms with van der Waals surface area (Å²) in [5.74, 6) is -0.651. The van der Waals surface area contributed by atoms with Crippen molar-refractivity contribution in [3.8, 4) is 0 Å². The van der Waals surface area contributed by atoms with Crippen molar-refractivity contribution in [1.29, 1.82) is 0 Å². The lowest BCUT2D eigenvalue weighted by Gasteiger charge is -2.57. The molecule has 0 bridgehead atoms. The van der Waals surface area contributed by atoms with Crippen LogP contribution in [0.4, 0.5) is 16.2 Å². The molecule has 2 fully saturated rings. The number of anilines is 2. The van der Waals surface area contributed by atoms with Gasteiger partial charge in [0, 0.05) is 55.5 Å². The van der Waals surface area contributed by atoms with E-state index in [1.165, 1.54) is 9.80 Å². The largest absolute Gasteiger partial charge is 0.368 e. The molecule has 2 aromatic carbocycles. The molecule has 0 saturated carbocycles. The highest BCUT2D eigenvalue weighted by Gasteiger charge is 2.65. The minimum atomic E-state index is -1.44. The van der Waals surface area contributed by atoms with Gasteiger partial charge in [-0.25, -0.2) is 4.79 Å². The fourth-order valence-corrected chi connectivity index (χ4v) is 6.37. The molecule has 3 aliphatic heterocycles. The van der Waals surface area contributed by atoms with Gasteiger partial charge in [0.05, 0.1) is 6.04 Å². The van der Waals surface area contributed by atoms with E-state index in [0.717, 1.165) is 23.5 Å². The number of halogens is 1. The second-order valence-electron chi connectivity index (χ2n) is 11.3. The first-order valence-electron chi connectivity index (χ1n) is 13.2. The quantitative estimate of drug-likeness (QED) is 0.533. The normalized spacial score (nSPS) is 21.3. The average molecular weight is 523 g/mol. The summed E-state index contributed by atoms with van der Waals surface area (Å²) in [6, 6.07) is 14.9. The number of piperazine rings is 1. The third-order valence-electron chi connectivity index (χ3n) is 7.74. The van der Waals surface area contributed by atoms with Gasteiger partial charge in [-0.1, -0.05) is 63.6 Å². The summed E-state index contributed by atoms with van der Waals surface area (Å²) >= 11 is 6.71. The van der Waals surface area contributed by atoms with Gasteiger partial charge < -0.3 is 9.80 Å². The number of benzene rings is 2. The molecule has 2 aromatic rings. The smallest absolute Gasteiger partial charge is 0.333 e. The molecule has 0 unspecified atom stereocenters. The van der Waals surface area contributed by atoms with Crippen LogP contribution in [-0.2, 0) is 16.0 Å². The highest BCUT2D eigenvalue weighted by molar-refractivity contribution is 6.32. The maximum atomic E-state index is 14.5. The van der Waals surface area contributed by atoms with E-state index >= 15 is 0 Å². The molecule has 0 N–H and O–H groups in total. The summed E-state index contributed by atoms with van der Waals surface area (Å²) in [4.78, 5) is 49.6. The van der Waals surface area contributed by atoms with Gasteiger partial charge in [-0.05, 0) is 41.7 Å². The lowest BCUT2D eigenvalue weighted by atomic mass is 9.67. The van der Waals surface area contributed by atoms with Crippen LogP contribution in [0.5, 0.6) is 0 Å². The SMILES string of the molecule is CC(C)CN1C(=O)N(CC(C)C)C(=O)C2(Cc3c(Cl)cccc3N3CCN(c4ccccc4)C[C@@H]32)C1=O. The first-order chi connectivity index (χ1) is 17.6. The fraction of sp³-hybridized carbons (Fsp3) is 0.483. The average Bonchev–Trinajstić information content (AvgIpc) is 2.88. The Bertz CT molecular complexity index is 1180. The second kappa shape index (κ2) is 9.67. The number of carbonyl (C=O) groups is 3. The lowest BCUT2D eigenvalue weighted by Crippen LogP contribution is -2.76. The van der Waals surface area contributed by atoms with Gasteiger partial charge in [-0.3, -0.25) is 19.4 Å². The van der Waals surface area contributed by atoms with Crippen molar-refractivity contribution < 1.29 is 14.4 Å². The van der Waals surface area contributed by atoms with Crippen molar-refractivity contribution in [1.82, 2.24) is 9.80 Å². The predicted molar refractivity (Wildman–Crippen MR) is 146 cm³/mol. The number of amides is 4. The third kappa shape index (κ3) is 4.17. The van der Waals surface area contributed by atoms with Gasteiger partial charge >= 0.3 is 6.03 Å². The van der Waals surface area contributed by atoms with Crippen LogP contribution >= 0.6 is 11.6 Å². The number of nitrogens with zero attached hydrogens (tertiary/aromatic N) is 4. The van der Waals surface area contributed by atoms with Crippen LogP contribution < -0.4 is 9.80 Å². The molecule has 5 rings (SSSR count). The van der Waals surface area contributed by atoms with Crippen LogP contribution in [0, 0.1) is 17.3 Å². The second-order valence-corrected chi connectivity index (χ2v) is 11.7. The zero-order valence-corrected chi connectivity index (χ0v) is 22.7. The molecule has 2 saturated heterocycles. The summed E-state index contributed by atoms with van der Waals surface area (Å²) in [7, 11) is 0. The van der Waals surface area contributed by atoms with Crippen molar-refractivity contribution in [3.63, 3.8) is 0 Å². The van der Waals surface area contributed by atoms with Crippen molar-refractivity contribution >= 4 is 40.8 Å². The van der Waals surface area contributed by atoms with E-state index in [9.17, 15) is 14.4 Å². The molecule has 196 valence electrons. The Morgan fingerprint density at radius 1 is 0.865 bits per heavy atom. The minimum absolute atomic E-state index is 0.0711. The Morgan fingerprint density at radius 2 is 1.49 bits per heavy atom. The van der Waals surface area contributed by atoms with Crippen LogP contribution in [0.15, 0.2) is 48.5 Å². The first-order valence-corrected chi connectivity index (χ1v) is 13.5. The molecule has 1 spiro atoms. The summed E-state index contributed by atoms with van der Waals surface area (Å²) in [5, 5.41) is 0.545. The number of imide groups is 2. The van der Waals surface area contributed by atoms with E-state index in [1.54, 1.807) is 0 Å². The van der Waals surface area contributed by atoms with Gasteiger partial charge in [-0.2, -0.15) is 0 Å². The van der Waals surface area contributed by atoms with Crippen LogP contribution in [0.25, 0.3) is 0 Å². The van der Waals surface area contributed by atoms with Gasteiger partial charge in [0.15, 0.2) is 5.41 Å². The molecule has 0 radical (unpaired) electrons. The minimum Gasteiger partial charge on any atom is -0.368 e. The Hall–Kier alpha value is -3.06. The van der Waals surface area contributed by atoms with Gasteiger partial charge in [0.1, 0.15) is 0 Å². The van der Waals surface area contributed by atoms with Gasteiger partial charge in [0.2, 0.25) is 11.8 Å². The Labute approximate surface area is 224 Å². The number of hydrogen-bond donors (Lipinski definition) is 0. The molecule has 37 heavy (non-hydrogen) atoms. The molecule has 0 aliphatic carbocycles. The molecule has 0 aromatic heterocycles. The van der Waals surface area contributed by atoms with Crippen LogP contribution in [-0.4, -0.2) is 66.4 Å². The molecule has 4 amide bonds. The topological polar surface area (TPSA) is 64.2 Å². The van der Waals surface area contributed by atoms with Crippen molar-refractivity contribution in [2.75, 3.05) is 42.5 Å². The van der Waals surface area contributed by atoms with E-state index in [1.807, 2.05) is 64.1 Å². The number of carbonyl (C=O) groups excluding carboxylic acids is 3. The Balaban J connectivity index is 1.68. The summed E-state index contributed by atoms with van der Waals surface area (Å²) < 4.78 is 0. The highest BCUT2D eigenvalue weighted by Crippen LogP contribution is 2.49. The zero-order valence-electron chi connectivity index (χ0n) is 22.0. The Kier molecular flexibility index (Phi) is 6.69. The van der Waals surface area contributed by atoms with Gasteiger partial charge in [0.25, 0.3) is 0 Å². The number of para-hydroxylation sites is 1. The van der Waals surface area contributed by atoms with E-state index in [0.29, 0.717) is 18.1 Å². The number of urea groups is 1. The molecule has 8 heteroatoms. The van der Waals surface area contributed by atoms with E-state index in [4.69, 9.17) is 11.6 Å². The maximum absolute atomic E-state index is 14.5. The lowest BCUT2D eigenvalue weighted by molar-refractivity contribution is -0.161. The molecule has 3 heterocycles. The van der Waals surface area contributed by atoms with Crippen molar-refractivity contribution in [2.24, 2.45) is 17.3 Å². The third-order valence-corrected chi connectivity index (χ3v) is 8.09. The fourth-order valence-electron chi connectivity index (χ4n) is 6.14. The first kappa shape index (κ1) is 25.6. The number of hydrogen-bond acceptors (Lipinski definition) is 5. The monoisotopic (exact) mass is 522 g/mol. The Morgan fingerprint density at radius 3 is 2.08 bits per heavy atom. The van der Waals surface area contributed by atoms with E-state index in [2.05, 4.69) is 21.9 Å². The van der Waals surface area contributed by atoms with Gasteiger partial charge in [-0.15, -0.1) is 0 Å². The number of barbiturate groups is 1. The summed E-state index contributed by atoms with van der Waals surface area (Å²) in [5.41, 5.74) is 1.39. The van der Waals surface area contributed by atoms with Crippen molar-refractivity contribution in [2.45, 2.75) is 40.2 Å². The molecular weight excluding hydrogens is 488 g/mol. The zero-order chi connectivity index (χ0) is 26.5. The molecule has 7 nitrogen and oxygen atoms in total. The van der Waals surface area contributed by atoms with Crippen LogP contribution in [0.3, 0.4) is 0 Å². The number of fused-ring (bicyclic) bond motifs is 4. The molecule has 3 aliphatic rings. The van der Waals surface area contributed by atoms with Crippen molar-refractivity contribution in [3.05, 3.63) is 59.1 Å².